The van der Waals surface area contributed by atoms with Gasteiger partial charge in [-0.2, -0.15) is 0 Å². The minimum Gasteiger partial charge on any atom is -0.444 e. The summed E-state index contributed by atoms with van der Waals surface area (Å²) in [6.45, 7) is 0. The molecule has 6 nitrogen and oxygen atoms in total. The van der Waals surface area contributed by atoms with E-state index in [2.05, 4.69) is 15.3 Å². The standard InChI is InChI=1S/C22H22FN3O3/c23-20-8-7-18(29-22(27)26-17-5-3-1-2-4-6-17)12-19(20)15-11-16(14-24-13-15)21-25-9-10-28-21/h7-14,17H,1-6H2,(H,26,27). The number of carbonyl (C=O) groups is 1. The Labute approximate surface area is 168 Å². The van der Waals surface area contributed by atoms with Crippen molar-refractivity contribution in [3.63, 3.8) is 0 Å². The van der Waals surface area contributed by atoms with Crippen molar-refractivity contribution < 1.29 is 18.3 Å². The maximum atomic E-state index is 14.5. The van der Waals surface area contributed by atoms with Crippen LogP contribution in [0.3, 0.4) is 0 Å². The van der Waals surface area contributed by atoms with Crippen LogP contribution in [0.2, 0.25) is 0 Å². The third kappa shape index (κ3) is 4.80. The highest BCUT2D eigenvalue weighted by molar-refractivity contribution is 5.73. The van der Waals surface area contributed by atoms with Gasteiger partial charge in [-0.25, -0.2) is 14.2 Å². The Morgan fingerprint density at radius 2 is 1.90 bits per heavy atom. The van der Waals surface area contributed by atoms with Crippen molar-refractivity contribution in [2.45, 2.75) is 44.6 Å². The Balaban J connectivity index is 1.50. The highest BCUT2D eigenvalue weighted by atomic mass is 19.1. The minimum atomic E-state index is -0.513. The van der Waals surface area contributed by atoms with E-state index in [1.807, 2.05) is 0 Å². The lowest BCUT2D eigenvalue weighted by Crippen LogP contribution is -2.36. The van der Waals surface area contributed by atoms with Gasteiger partial charge in [0.15, 0.2) is 0 Å². The summed E-state index contributed by atoms with van der Waals surface area (Å²) >= 11 is 0. The second-order valence-electron chi connectivity index (χ2n) is 7.16. The average Bonchev–Trinajstić information content (AvgIpc) is 3.15. The summed E-state index contributed by atoms with van der Waals surface area (Å²) in [5, 5.41) is 2.92. The van der Waals surface area contributed by atoms with Crippen LogP contribution in [-0.2, 0) is 0 Å². The van der Waals surface area contributed by atoms with Crippen molar-refractivity contribution in [2.75, 3.05) is 0 Å². The van der Waals surface area contributed by atoms with E-state index in [0.29, 0.717) is 17.0 Å². The smallest absolute Gasteiger partial charge is 0.412 e. The number of benzene rings is 1. The lowest BCUT2D eigenvalue weighted by atomic mass is 10.0. The number of rotatable bonds is 4. The molecule has 0 radical (unpaired) electrons. The Morgan fingerprint density at radius 1 is 1.10 bits per heavy atom. The van der Waals surface area contributed by atoms with Crippen molar-refractivity contribution in [3.05, 3.63) is 54.9 Å². The third-order valence-corrected chi connectivity index (χ3v) is 5.05. The molecule has 1 aromatic carbocycles. The van der Waals surface area contributed by atoms with E-state index in [4.69, 9.17) is 9.15 Å². The monoisotopic (exact) mass is 395 g/mol. The number of nitrogens with one attached hydrogen (secondary N) is 1. The summed E-state index contributed by atoms with van der Waals surface area (Å²) in [5.74, 6) is 0.233. The fourth-order valence-electron chi connectivity index (χ4n) is 3.59. The summed E-state index contributed by atoms with van der Waals surface area (Å²) < 4.78 is 25.1. The Kier molecular flexibility index (Phi) is 5.84. The fraction of sp³-hybridized carbons (Fsp3) is 0.318. The van der Waals surface area contributed by atoms with Gasteiger partial charge in [-0.1, -0.05) is 25.7 Å². The number of amides is 1. The lowest BCUT2D eigenvalue weighted by Gasteiger charge is -2.16. The molecule has 0 atom stereocenters. The van der Waals surface area contributed by atoms with E-state index in [1.54, 1.807) is 18.5 Å². The van der Waals surface area contributed by atoms with Crippen LogP contribution in [0.5, 0.6) is 5.75 Å². The van der Waals surface area contributed by atoms with Crippen LogP contribution in [-0.4, -0.2) is 22.1 Å². The molecule has 0 saturated heterocycles. The van der Waals surface area contributed by atoms with Crippen LogP contribution >= 0.6 is 0 Å². The zero-order valence-corrected chi connectivity index (χ0v) is 15.9. The van der Waals surface area contributed by atoms with E-state index in [0.717, 1.165) is 25.7 Å². The Hall–Kier alpha value is -3.22. The van der Waals surface area contributed by atoms with Gasteiger partial charge in [-0.05, 0) is 37.1 Å². The van der Waals surface area contributed by atoms with E-state index < -0.39 is 11.9 Å². The SMILES string of the molecule is O=C(NC1CCCCCC1)Oc1ccc(F)c(-c2cncc(-c3ncco3)c2)c1. The van der Waals surface area contributed by atoms with Crippen LogP contribution in [0.15, 0.2) is 53.5 Å². The average molecular weight is 395 g/mol. The largest absolute Gasteiger partial charge is 0.444 e. The molecule has 1 aliphatic rings. The van der Waals surface area contributed by atoms with Crippen molar-refractivity contribution >= 4 is 6.09 Å². The second kappa shape index (κ2) is 8.86. The Morgan fingerprint density at radius 3 is 2.66 bits per heavy atom. The summed E-state index contributed by atoms with van der Waals surface area (Å²) in [7, 11) is 0. The molecule has 1 saturated carbocycles. The summed E-state index contributed by atoms with van der Waals surface area (Å²) in [4.78, 5) is 20.5. The number of hydrogen-bond acceptors (Lipinski definition) is 5. The van der Waals surface area contributed by atoms with Gasteiger partial charge in [0, 0.05) is 29.6 Å². The topological polar surface area (TPSA) is 77.2 Å². The van der Waals surface area contributed by atoms with Crippen molar-refractivity contribution in [1.82, 2.24) is 15.3 Å². The molecule has 1 amide bonds. The molecule has 0 spiro atoms. The maximum absolute atomic E-state index is 14.5. The quantitative estimate of drug-likeness (QED) is 0.602. The highest BCUT2D eigenvalue weighted by Gasteiger charge is 2.17. The summed E-state index contributed by atoms with van der Waals surface area (Å²) in [6.07, 6.45) is 12.2. The lowest BCUT2D eigenvalue weighted by molar-refractivity contribution is 0.194. The Bertz CT molecular complexity index is 967. The summed E-state index contributed by atoms with van der Waals surface area (Å²) in [6, 6.07) is 6.08. The number of oxazole rings is 1. The van der Waals surface area contributed by atoms with Gasteiger partial charge < -0.3 is 14.5 Å². The van der Waals surface area contributed by atoms with Crippen molar-refractivity contribution in [2.24, 2.45) is 0 Å². The van der Waals surface area contributed by atoms with Crippen LogP contribution in [0.25, 0.3) is 22.6 Å². The molecule has 7 heteroatoms. The van der Waals surface area contributed by atoms with Gasteiger partial charge in [0.2, 0.25) is 5.89 Å². The molecular formula is C22H22FN3O3. The first-order valence-corrected chi connectivity index (χ1v) is 9.82. The van der Waals surface area contributed by atoms with E-state index in [-0.39, 0.29) is 17.4 Å². The van der Waals surface area contributed by atoms with Crippen molar-refractivity contribution in [1.29, 1.82) is 0 Å². The van der Waals surface area contributed by atoms with Gasteiger partial charge in [0.1, 0.15) is 17.8 Å². The molecule has 1 N–H and O–H groups in total. The first kappa shape index (κ1) is 19.1. The summed E-state index contributed by atoms with van der Waals surface area (Å²) in [5.41, 5.74) is 1.45. The first-order valence-electron chi connectivity index (χ1n) is 9.82. The number of nitrogens with zero attached hydrogens (tertiary/aromatic N) is 2. The molecule has 1 aliphatic carbocycles. The molecule has 1 fully saturated rings. The van der Waals surface area contributed by atoms with E-state index in [1.165, 1.54) is 43.5 Å². The molecular weight excluding hydrogens is 373 g/mol. The fourth-order valence-corrected chi connectivity index (χ4v) is 3.59. The van der Waals surface area contributed by atoms with Crippen LogP contribution in [0.1, 0.15) is 38.5 Å². The van der Waals surface area contributed by atoms with Gasteiger partial charge >= 0.3 is 6.09 Å². The zero-order chi connectivity index (χ0) is 20.1. The highest BCUT2D eigenvalue weighted by Crippen LogP contribution is 2.29. The predicted octanol–water partition coefficient (Wildman–Crippen LogP) is 5.35. The number of aromatic nitrogens is 2. The number of carbonyl (C=O) groups excluding carboxylic acids is 1. The first-order chi connectivity index (χ1) is 14.2. The van der Waals surface area contributed by atoms with E-state index in [9.17, 15) is 9.18 Å². The normalized spacial score (nSPS) is 14.9. The van der Waals surface area contributed by atoms with Crippen molar-refractivity contribution in [3.8, 4) is 28.3 Å². The molecule has 4 rings (SSSR count). The molecule has 2 heterocycles. The molecule has 0 unspecified atom stereocenters. The molecule has 0 aliphatic heterocycles. The predicted molar refractivity (Wildman–Crippen MR) is 106 cm³/mol. The van der Waals surface area contributed by atoms with Gasteiger partial charge in [-0.15, -0.1) is 0 Å². The number of hydrogen-bond donors (Lipinski definition) is 1. The maximum Gasteiger partial charge on any atom is 0.412 e. The molecule has 2 aromatic heterocycles. The molecule has 0 bridgehead atoms. The second-order valence-corrected chi connectivity index (χ2v) is 7.16. The number of pyridine rings is 1. The molecule has 29 heavy (non-hydrogen) atoms. The molecule has 3 aromatic rings. The van der Waals surface area contributed by atoms with E-state index >= 15 is 0 Å². The molecule has 150 valence electrons. The number of halogens is 1. The van der Waals surface area contributed by atoms with Crippen LogP contribution in [0.4, 0.5) is 9.18 Å². The zero-order valence-electron chi connectivity index (χ0n) is 15.9. The van der Waals surface area contributed by atoms with Crippen LogP contribution < -0.4 is 10.1 Å². The third-order valence-electron chi connectivity index (χ3n) is 5.05. The van der Waals surface area contributed by atoms with Gasteiger partial charge in [-0.3, -0.25) is 4.98 Å². The van der Waals surface area contributed by atoms with Gasteiger partial charge in [0.25, 0.3) is 0 Å². The number of ether oxygens (including phenoxy) is 1. The van der Waals surface area contributed by atoms with Crippen LogP contribution in [0, 0.1) is 5.82 Å². The van der Waals surface area contributed by atoms with Gasteiger partial charge in [0.05, 0.1) is 11.8 Å². The minimum absolute atomic E-state index is 0.131.